The Kier molecular flexibility index (Phi) is 5.88. The van der Waals surface area contributed by atoms with Crippen molar-refractivity contribution in [1.82, 2.24) is 10.2 Å². The van der Waals surface area contributed by atoms with E-state index in [-0.39, 0.29) is 5.91 Å². The first-order chi connectivity index (χ1) is 12.8. The van der Waals surface area contributed by atoms with E-state index in [0.29, 0.717) is 13.0 Å². The summed E-state index contributed by atoms with van der Waals surface area (Å²) in [5.74, 6) is 0.217. The first kappa shape index (κ1) is 19.5. The van der Waals surface area contributed by atoms with E-state index < -0.39 is 11.7 Å². The maximum absolute atomic E-state index is 12.5. The third kappa shape index (κ3) is 5.12. The molecule has 0 aromatic heterocycles. The number of benzene rings is 1. The van der Waals surface area contributed by atoms with Crippen LogP contribution in [0.25, 0.3) is 5.57 Å². The fourth-order valence-corrected chi connectivity index (χ4v) is 3.79. The van der Waals surface area contributed by atoms with Gasteiger partial charge in [-0.1, -0.05) is 24.3 Å². The minimum absolute atomic E-state index is 0.217. The molecular formula is C22H30N2O3. The standard InChI is InChI=1S/C22H30N2O3/c1-22(2,3)27-21(26)23-12-7-6-10-20(25)24-13-11-19-17(15-24)14-16-8-4-5-9-18(16)19/h4-5,8-9H,6-7,10-15H2,1-3H3,(H,23,26). The van der Waals surface area contributed by atoms with Gasteiger partial charge >= 0.3 is 6.09 Å². The van der Waals surface area contributed by atoms with Gasteiger partial charge in [0.05, 0.1) is 0 Å². The van der Waals surface area contributed by atoms with Gasteiger partial charge in [0.2, 0.25) is 5.91 Å². The molecule has 1 aromatic rings. The van der Waals surface area contributed by atoms with E-state index in [1.165, 1.54) is 22.3 Å². The number of carbonyl (C=O) groups excluding carboxylic acids is 2. The molecule has 146 valence electrons. The van der Waals surface area contributed by atoms with Gasteiger partial charge in [-0.15, -0.1) is 0 Å². The van der Waals surface area contributed by atoms with Crippen LogP contribution in [-0.4, -0.2) is 42.1 Å². The van der Waals surface area contributed by atoms with Crippen LogP contribution in [0.5, 0.6) is 0 Å². The Hall–Kier alpha value is -2.30. The zero-order valence-corrected chi connectivity index (χ0v) is 16.6. The van der Waals surface area contributed by atoms with E-state index >= 15 is 0 Å². The second kappa shape index (κ2) is 8.15. The molecule has 1 heterocycles. The molecule has 5 nitrogen and oxygen atoms in total. The molecule has 0 bridgehead atoms. The molecule has 0 unspecified atom stereocenters. The molecule has 0 saturated carbocycles. The molecule has 5 heteroatoms. The fraction of sp³-hybridized carbons (Fsp3) is 0.545. The second-order valence-corrected chi connectivity index (χ2v) is 8.37. The summed E-state index contributed by atoms with van der Waals surface area (Å²) >= 11 is 0. The lowest BCUT2D eigenvalue weighted by Gasteiger charge is -2.29. The van der Waals surface area contributed by atoms with Gasteiger partial charge in [-0.25, -0.2) is 4.79 Å². The maximum Gasteiger partial charge on any atom is 0.407 e. The van der Waals surface area contributed by atoms with E-state index in [4.69, 9.17) is 4.74 Å². The first-order valence-corrected chi connectivity index (χ1v) is 9.87. The van der Waals surface area contributed by atoms with E-state index in [2.05, 4.69) is 29.6 Å². The number of hydrogen-bond donors (Lipinski definition) is 1. The van der Waals surface area contributed by atoms with Gasteiger partial charge in [-0.05, 0) is 68.7 Å². The van der Waals surface area contributed by atoms with Gasteiger partial charge in [0.1, 0.15) is 5.60 Å². The number of hydrogen-bond acceptors (Lipinski definition) is 3. The summed E-state index contributed by atoms with van der Waals surface area (Å²) in [5, 5.41) is 2.74. The zero-order chi connectivity index (χ0) is 19.4. The first-order valence-electron chi connectivity index (χ1n) is 9.87. The molecule has 0 saturated heterocycles. The van der Waals surface area contributed by atoms with Crippen LogP contribution in [0.15, 0.2) is 29.8 Å². The van der Waals surface area contributed by atoms with Crippen LogP contribution < -0.4 is 5.32 Å². The molecule has 0 atom stereocenters. The van der Waals surface area contributed by atoms with Crippen molar-refractivity contribution >= 4 is 17.6 Å². The predicted octanol–water partition coefficient (Wildman–Crippen LogP) is 3.92. The summed E-state index contributed by atoms with van der Waals surface area (Å²) < 4.78 is 5.20. The minimum Gasteiger partial charge on any atom is -0.444 e. The number of amides is 2. The van der Waals surface area contributed by atoms with Crippen molar-refractivity contribution in [3.8, 4) is 0 Å². The molecule has 3 rings (SSSR count). The van der Waals surface area contributed by atoms with Crippen molar-refractivity contribution in [2.24, 2.45) is 0 Å². The summed E-state index contributed by atoms with van der Waals surface area (Å²) in [6, 6.07) is 8.58. The smallest absolute Gasteiger partial charge is 0.407 e. The molecule has 0 radical (unpaired) electrons. The molecule has 1 aromatic carbocycles. The summed E-state index contributed by atoms with van der Waals surface area (Å²) in [6.45, 7) is 7.63. The third-order valence-electron chi connectivity index (χ3n) is 5.02. The van der Waals surface area contributed by atoms with Gasteiger partial charge in [0.15, 0.2) is 0 Å². The van der Waals surface area contributed by atoms with Gasteiger partial charge in [-0.3, -0.25) is 4.79 Å². The highest BCUT2D eigenvalue weighted by atomic mass is 16.6. The lowest BCUT2D eigenvalue weighted by molar-refractivity contribution is -0.131. The molecule has 0 fully saturated rings. The Morgan fingerprint density at radius 3 is 2.74 bits per heavy atom. The molecule has 2 amide bonds. The van der Waals surface area contributed by atoms with Crippen LogP contribution in [0, 0.1) is 0 Å². The minimum atomic E-state index is -0.484. The number of nitrogens with one attached hydrogen (secondary N) is 1. The Bertz CT molecular complexity index is 746. The number of unbranched alkanes of at least 4 members (excludes halogenated alkanes) is 1. The van der Waals surface area contributed by atoms with Gasteiger partial charge in [0.25, 0.3) is 0 Å². The van der Waals surface area contributed by atoms with Crippen LogP contribution in [0.2, 0.25) is 0 Å². The zero-order valence-electron chi connectivity index (χ0n) is 16.6. The number of carbonyl (C=O) groups is 2. The molecule has 2 aliphatic rings. The molecule has 1 aliphatic carbocycles. The molecule has 1 N–H and O–H groups in total. The van der Waals surface area contributed by atoms with Crippen molar-refractivity contribution in [2.45, 2.75) is 58.5 Å². The van der Waals surface area contributed by atoms with Crippen LogP contribution >= 0.6 is 0 Å². The van der Waals surface area contributed by atoms with Gasteiger partial charge < -0.3 is 15.0 Å². The molecule has 1 aliphatic heterocycles. The maximum atomic E-state index is 12.5. The number of nitrogens with zero attached hydrogens (tertiary/aromatic N) is 1. The normalized spacial score (nSPS) is 16.0. The molecule has 27 heavy (non-hydrogen) atoms. The van der Waals surface area contributed by atoms with Crippen molar-refractivity contribution in [3.63, 3.8) is 0 Å². The van der Waals surface area contributed by atoms with E-state index in [0.717, 1.165) is 38.8 Å². The summed E-state index contributed by atoms with van der Waals surface area (Å²) in [7, 11) is 0. The van der Waals surface area contributed by atoms with Crippen LogP contribution in [0.4, 0.5) is 4.79 Å². The number of rotatable bonds is 5. The summed E-state index contributed by atoms with van der Waals surface area (Å²) in [5.41, 5.74) is 5.15. The van der Waals surface area contributed by atoms with E-state index in [1.807, 2.05) is 25.7 Å². The second-order valence-electron chi connectivity index (χ2n) is 8.37. The topological polar surface area (TPSA) is 58.6 Å². The predicted molar refractivity (Wildman–Crippen MR) is 106 cm³/mol. The lowest BCUT2D eigenvalue weighted by atomic mass is 9.99. The molecule has 0 spiro atoms. The Morgan fingerprint density at radius 2 is 1.96 bits per heavy atom. The largest absolute Gasteiger partial charge is 0.444 e. The fourth-order valence-electron chi connectivity index (χ4n) is 3.79. The monoisotopic (exact) mass is 370 g/mol. The highest BCUT2D eigenvalue weighted by Crippen LogP contribution is 2.37. The van der Waals surface area contributed by atoms with Gasteiger partial charge in [-0.2, -0.15) is 0 Å². The van der Waals surface area contributed by atoms with Crippen molar-refractivity contribution < 1.29 is 14.3 Å². The Morgan fingerprint density at radius 1 is 1.19 bits per heavy atom. The van der Waals surface area contributed by atoms with Crippen LogP contribution in [0.3, 0.4) is 0 Å². The number of alkyl carbamates (subject to hydrolysis) is 1. The van der Waals surface area contributed by atoms with Crippen LogP contribution in [-0.2, 0) is 16.0 Å². The summed E-state index contributed by atoms with van der Waals surface area (Å²) in [6.07, 6.45) is 3.62. The quantitative estimate of drug-likeness (QED) is 0.799. The Labute approximate surface area is 161 Å². The number of ether oxygens (including phenoxy) is 1. The highest BCUT2D eigenvalue weighted by molar-refractivity contribution is 5.82. The summed E-state index contributed by atoms with van der Waals surface area (Å²) in [4.78, 5) is 26.1. The molecular weight excluding hydrogens is 340 g/mol. The van der Waals surface area contributed by atoms with Crippen molar-refractivity contribution in [2.75, 3.05) is 19.6 Å². The van der Waals surface area contributed by atoms with Crippen molar-refractivity contribution in [1.29, 1.82) is 0 Å². The Balaban J connectivity index is 1.38. The highest BCUT2D eigenvalue weighted by Gasteiger charge is 2.28. The van der Waals surface area contributed by atoms with Crippen molar-refractivity contribution in [3.05, 3.63) is 41.0 Å². The SMILES string of the molecule is CC(C)(C)OC(=O)NCCCCC(=O)N1CCC2=C(Cc3ccccc32)C1. The average Bonchev–Trinajstić information content (AvgIpc) is 2.97. The van der Waals surface area contributed by atoms with Crippen LogP contribution in [0.1, 0.15) is 57.6 Å². The van der Waals surface area contributed by atoms with E-state index in [9.17, 15) is 9.59 Å². The van der Waals surface area contributed by atoms with E-state index in [1.54, 1.807) is 0 Å². The average molecular weight is 370 g/mol. The number of fused-ring (bicyclic) bond motifs is 2. The third-order valence-corrected chi connectivity index (χ3v) is 5.02. The van der Waals surface area contributed by atoms with Gasteiger partial charge in [0, 0.05) is 26.1 Å². The lowest BCUT2D eigenvalue weighted by Crippen LogP contribution is -2.36.